The van der Waals surface area contributed by atoms with Gasteiger partial charge in [-0.05, 0) is 20.8 Å². The van der Waals surface area contributed by atoms with Gasteiger partial charge < -0.3 is 14.6 Å². The zero-order chi connectivity index (χ0) is 12.1. The van der Waals surface area contributed by atoms with E-state index in [-0.39, 0.29) is 12.7 Å². The number of aliphatic hydroxyl groups is 1. The van der Waals surface area contributed by atoms with Gasteiger partial charge in [0.25, 0.3) is 0 Å². The maximum Gasteiger partial charge on any atom is 0.162 e. The monoisotopic (exact) mass is 228 g/mol. The average Bonchev–Trinajstić information content (AvgIpc) is 2.68. The van der Waals surface area contributed by atoms with Crippen LogP contribution in [0.25, 0.3) is 0 Å². The van der Waals surface area contributed by atoms with Crippen molar-refractivity contribution >= 4 is 0 Å². The second kappa shape index (κ2) is 5.86. The van der Waals surface area contributed by atoms with E-state index >= 15 is 0 Å². The molecule has 92 valence electrons. The molecule has 0 fully saturated rings. The van der Waals surface area contributed by atoms with Crippen molar-refractivity contribution in [2.24, 2.45) is 0 Å². The number of aromatic nitrogens is 2. The second-order valence-corrected chi connectivity index (χ2v) is 3.81. The van der Waals surface area contributed by atoms with Crippen LogP contribution >= 0.6 is 0 Å². The number of nitrogens with zero attached hydrogens (tertiary/aromatic N) is 2. The molecule has 0 bridgehead atoms. The first kappa shape index (κ1) is 13.0. The van der Waals surface area contributed by atoms with Crippen molar-refractivity contribution < 1.29 is 14.6 Å². The molecule has 1 rings (SSSR count). The summed E-state index contributed by atoms with van der Waals surface area (Å²) >= 11 is 0. The number of hydrogen-bond donors (Lipinski definition) is 1. The number of methoxy groups -OCH3 is 1. The van der Waals surface area contributed by atoms with Crippen molar-refractivity contribution in [3.05, 3.63) is 11.9 Å². The minimum atomic E-state index is -0.709. The van der Waals surface area contributed by atoms with E-state index in [4.69, 9.17) is 9.47 Å². The largest absolute Gasteiger partial charge is 0.493 e. The van der Waals surface area contributed by atoms with E-state index in [9.17, 15) is 5.11 Å². The smallest absolute Gasteiger partial charge is 0.162 e. The Bertz CT molecular complexity index is 302. The summed E-state index contributed by atoms with van der Waals surface area (Å²) in [5.74, 6) is 0.599. The predicted molar refractivity (Wildman–Crippen MR) is 60.5 cm³/mol. The van der Waals surface area contributed by atoms with E-state index < -0.39 is 6.10 Å². The summed E-state index contributed by atoms with van der Waals surface area (Å²) in [4.78, 5) is 0. The molecule has 0 saturated heterocycles. The highest BCUT2D eigenvalue weighted by Gasteiger charge is 2.19. The molecule has 1 aromatic rings. The molecule has 0 radical (unpaired) electrons. The van der Waals surface area contributed by atoms with Crippen molar-refractivity contribution in [2.45, 2.75) is 39.5 Å². The fourth-order valence-electron chi connectivity index (χ4n) is 1.49. The third kappa shape index (κ3) is 2.96. The molecule has 5 heteroatoms. The molecular weight excluding hydrogens is 208 g/mol. The molecular formula is C11H20N2O3. The Morgan fingerprint density at radius 3 is 2.69 bits per heavy atom. The third-order valence-corrected chi connectivity index (χ3v) is 2.27. The van der Waals surface area contributed by atoms with Crippen molar-refractivity contribution in [1.29, 1.82) is 0 Å². The molecule has 1 heterocycles. The summed E-state index contributed by atoms with van der Waals surface area (Å²) in [6.45, 7) is 6.77. The molecule has 5 nitrogen and oxygen atoms in total. The first-order chi connectivity index (χ1) is 7.60. The van der Waals surface area contributed by atoms with Crippen LogP contribution in [0, 0.1) is 0 Å². The lowest BCUT2D eigenvalue weighted by molar-refractivity contribution is 0.000641. The van der Waals surface area contributed by atoms with Crippen LogP contribution in [0.15, 0.2) is 6.20 Å². The van der Waals surface area contributed by atoms with E-state index in [2.05, 4.69) is 5.10 Å². The molecule has 0 aliphatic carbocycles. The Balaban J connectivity index is 2.79. The van der Waals surface area contributed by atoms with Crippen molar-refractivity contribution in [3.63, 3.8) is 0 Å². The molecule has 0 aliphatic rings. The first-order valence-electron chi connectivity index (χ1n) is 5.49. The normalized spacial score (nSPS) is 13.1. The fourth-order valence-corrected chi connectivity index (χ4v) is 1.49. The lowest BCUT2D eigenvalue weighted by Crippen LogP contribution is -2.16. The number of rotatable bonds is 6. The number of hydrogen-bond acceptors (Lipinski definition) is 4. The van der Waals surface area contributed by atoms with E-state index in [1.165, 1.54) is 0 Å². The summed E-state index contributed by atoms with van der Waals surface area (Å²) in [6, 6.07) is 0. The molecule has 1 N–H and O–H groups in total. The molecule has 0 aromatic carbocycles. The van der Waals surface area contributed by atoms with E-state index in [1.807, 2.05) is 20.8 Å². The van der Waals surface area contributed by atoms with Crippen LogP contribution in [-0.2, 0) is 11.3 Å². The second-order valence-electron chi connectivity index (χ2n) is 3.81. The first-order valence-corrected chi connectivity index (χ1v) is 5.49. The Morgan fingerprint density at radius 1 is 1.50 bits per heavy atom. The average molecular weight is 228 g/mol. The summed E-state index contributed by atoms with van der Waals surface area (Å²) in [6.07, 6.45) is 0.996. The van der Waals surface area contributed by atoms with Gasteiger partial charge in [-0.25, -0.2) is 0 Å². The molecule has 1 atom stereocenters. The molecule has 0 spiro atoms. The number of aryl methyl sites for hydroxylation is 1. The highest BCUT2D eigenvalue weighted by molar-refractivity contribution is 5.27. The van der Waals surface area contributed by atoms with E-state index in [0.29, 0.717) is 18.0 Å². The predicted octanol–water partition coefficient (Wildman–Crippen LogP) is 1.37. The van der Waals surface area contributed by atoms with Gasteiger partial charge >= 0.3 is 0 Å². The highest BCUT2D eigenvalue weighted by Crippen LogP contribution is 2.25. The lowest BCUT2D eigenvalue weighted by atomic mass is 10.2. The van der Waals surface area contributed by atoms with Gasteiger partial charge in [0.1, 0.15) is 11.8 Å². The van der Waals surface area contributed by atoms with Crippen LogP contribution in [0.5, 0.6) is 5.75 Å². The summed E-state index contributed by atoms with van der Waals surface area (Å²) in [7, 11) is 1.57. The zero-order valence-corrected chi connectivity index (χ0v) is 10.3. The quantitative estimate of drug-likeness (QED) is 0.799. The van der Waals surface area contributed by atoms with Crippen LogP contribution < -0.4 is 4.74 Å². The third-order valence-electron chi connectivity index (χ3n) is 2.27. The van der Waals surface area contributed by atoms with Crippen LogP contribution in [0.2, 0.25) is 0 Å². The SMILES string of the molecule is CCn1ncc(OC)c1C(O)COC(C)C. The van der Waals surface area contributed by atoms with Crippen LogP contribution in [0.3, 0.4) is 0 Å². The maximum atomic E-state index is 10.0. The Labute approximate surface area is 96.0 Å². The van der Waals surface area contributed by atoms with Crippen molar-refractivity contribution in [1.82, 2.24) is 9.78 Å². The fraction of sp³-hybridized carbons (Fsp3) is 0.727. The van der Waals surface area contributed by atoms with Gasteiger partial charge in [-0.2, -0.15) is 5.10 Å². The summed E-state index contributed by atoms with van der Waals surface area (Å²) in [5.41, 5.74) is 0.672. The molecule has 16 heavy (non-hydrogen) atoms. The molecule has 1 aromatic heterocycles. The van der Waals surface area contributed by atoms with Crippen molar-refractivity contribution in [2.75, 3.05) is 13.7 Å². The van der Waals surface area contributed by atoms with Gasteiger partial charge in [-0.15, -0.1) is 0 Å². The van der Waals surface area contributed by atoms with Crippen LogP contribution in [0.1, 0.15) is 32.6 Å². The maximum absolute atomic E-state index is 10.0. The summed E-state index contributed by atoms with van der Waals surface area (Å²) < 4.78 is 12.3. The molecule has 0 amide bonds. The van der Waals surface area contributed by atoms with Gasteiger partial charge in [0.2, 0.25) is 0 Å². The Hall–Kier alpha value is -1.07. The van der Waals surface area contributed by atoms with Gasteiger partial charge in [-0.1, -0.05) is 0 Å². The molecule has 0 aliphatic heterocycles. The van der Waals surface area contributed by atoms with Gasteiger partial charge in [0.05, 0.1) is 26.0 Å². The Morgan fingerprint density at radius 2 is 2.19 bits per heavy atom. The highest BCUT2D eigenvalue weighted by atomic mass is 16.5. The minimum Gasteiger partial charge on any atom is -0.493 e. The van der Waals surface area contributed by atoms with Crippen LogP contribution in [-0.4, -0.2) is 34.7 Å². The number of ether oxygens (including phenoxy) is 2. The standard InChI is InChI=1S/C11H20N2O3/c1-5-13-11(10(15-4)6-12-13)9(14)7-16-8(2)3/h6,8-9,14H,5,7H2,1-4H3. The summed E-state index contributed by atoms with van der Waals surface area (Å²) in [5, 5.41) is 14.1. The Kier molecular flexibility index (Phi) is 4.76. The van der Waals surface area contributed by atoms with Crippen LogP contribution in [0.4, 0.5) is 0 Å². The van der Waals surface area contributed by atoms with Gasteiger partial charge in [-0.3, -0.25) is 4.68 Å². The molecule has 1 unspecified atom stereocenters. The van der Waals surface area contributed by atoms with Gasteiger partial charge in [0, 0.05) is 6.54 Å². The number of aliphatic hydroxyl groups excluding tert-OH is 1. The van der Waals surface area contributed by atoms with E-state index in [0.717, 1.165) is 0 Å². The van der Waals surface area contributed by atoms with E-state index in [1.54, 1.807) is 18.0 Å². The van der Waals surface area contributed by atoms with Gasteiger partial charge in [0.15, 0.2) is 5.75 Å². The lowest BCUT2D eigenvalue weighted by Gasteiger charge is -2.15. The topological polar surface area (TPSA) is 56.5 Å². The van der Waals surface area contributed by atoms with Crippen molar-refractivity contribution in [3.8, 4) is 5.75 Å². The zero-order valence-electron chi connectivity index (χ0n) is 10.3. The molecule has 0 saturated carbocycles. The minimum absolute atomic E-state index is 0.0960.